The van der Waals surface area contributed by atoms with Crippen molar-refractivity contribution in [3.8, 4) is 17.3 Å². The summed E-state index contributed by atoms with van der Waals surface area (Å²) >= 11 is 12.1. The molecule has 29 heavy (non-hydrogen) atoms. The summed E-state index contributed by atoms with van der Waals surface area (Å²) in [5.74, 6) is 0.613. The van der Waals surface area contributed by atoms with Gasteiger partial charge in [-0.2, -0.15) is 5.26 Å². The summed E-state index contributed by atoms with van der Waals surface area (Å²) in [5.41, 5.74) is 1.43. The first-order chi connectivity index (χ1) is 14.0. The zero-order chi connectivity index (χ0) is 20.8. The van der Waals surface area contributed by atoms with E-state index in [1.165, 1.54) is 0 Å². The van der Waals surface area contributed by atoms with Crippen LogP contribution in [0.15, 0.2) is 53.3 Å². The first-order valence-electron chi connectivity index (χ1n) is 9.08. The van der Waals surface area contributed by atoms with Gasteiger partial charge < -0.3 is 9.72 Å². The number of rotatable bonds is 7. The summed E-state index contributed by atoms with van der Waals surface area (Å²) in [4.78, 5) is 19.6. The minimum Gasteiger partial charge on any atom is -0.376 e. The van der Waals surface area contributed by atoms with Crippen molar-refractivity contribution in [2.45, 2.75) is 20.0 Å². The standard InChI is InChI=1S/C22H19Cl2N3O2/c1-14(12-29-13-15-5-3-2-4-6-15)9-20-26-21(17(11-25)22(28)27-20)16-7-8-18(23)19(24)10-16/h2-8,10,14H,9,12-13H2,1H3,(H,26,27,28)/t14-/m0/s1. The second kappa shape index (κ2) is 9.71. The van der Waals surface area contributed by atoms with Crippen LogP contribution in [0.4, 0.5) is 0 Å². The Morgan fingerprint density at radius 1 is 1.17 bits per heavy atom. The Morgan fingerprint density at radius 2 is 1.93 bits per heavy atom. The summed E-state index contributed by atoms with van der Waals surface area (Å²) in [6.07, 6.45) is 0.504. The van der Waals surface area contributed by atoms with E-state index in [4.69, 9.17) is 27.9 Å². The molecule has 0 saturated heterocycles. The van der Waals surface area contributed by atoms with Crippen molar-refractivity contribution < 1.29 is 4.74 Å². The van der Waals surface area contributed by atoms with Gasteiger partial charge in [0.15, 0.2) is 0 Å². The maximum atomic E-state index is 12.4. The number of hydrogen-bond acceptors (Lipinski definition) is 4. The number of hydrogen-bond donors (Lipinski definition) is 1. The van der Waals surface area contributed by atoms with Crippen molar-refractivity contribution in [1.29, 1.82) is 5.26 Å². The molecule has 0 aliphatic rings. The quantitative estimate of drug-likeness (QED) is 0.574. The maximum absolute atomic E-state index is 12.4. The molecule has 0 aliphatic carbocycles. The van der Waals surface area contributed by atoms with Crippen LogP contribution in [-0.2, 0) is 17.8 Å². The van der Waals surface area contributed by atoms with Gasteiger partial charge >= 0.3 is 0 Å². The van der Waals surface area contributed by atoms with E-state index >= 15 is 0 Å². The molecule has 1 aromatic heterocycles. The van der Waals surface area contributed by atoms with Gasteiger partial charge in [-0.25, -0.2) is 4.98 Å². The number of H-pyrrole nitrogens is 1. The molecule has 0 saturated carbocycles. The van der Waals surface area contributed by atoms with Crippen molar-refractivity contribution in [2.24, 2.45) is 5.92 Å². The lowest BCUT2D eigenvalue weighted by atomic mass is 10.1. The highest BCUT2D eigenvalue weighted by Crippen LogP contribution is 2.28. The lowest BCUT2D eigenvalue weighted by Gasteiger charge is -2.13. The van der Waals surface area contributed by atoms with Crippen LogP contribution in [0, 0.1) is 17.2 Å². The number of halogens is 2. The Balaban J connectivity index is 1.76. The molecule has 0 amide bonds. The molecular weight excluding hydrogens is 409 g/mol. The normalized spacial score (nSPS) is 11.8. The van der Waals surface area contributed by atoms with Crippen LogP contribution in [0.3, 0.4) is 0 Å². The van der Waals surface area contributed by atoms with Crippen LogP contribution in [0.2, 0.25) is 10.0 Å². The molecular formula is C22H19Cl2N3O2. The Kier molecular flexibility index (Phi) is 7.05. The van der Waals surface area contributed by atoms with E-state index in [0.29, 0.717) is 46.8 Å². The molecule has 3 rings (SSSR count). The van der Waals surface area contributed by atoms with Crippen LogP contribution in [0.5, 0.6) is 0 Å². The van der Waals surface area contributed by atoms with E-state index in [-0.39, 0.29) is 11.5 Å². The van der Waals surface area contributed by atoms with Crippen molar-refractivity contribution in [3.63, 3.8) is 0 Å². The minimum atomic E-state index is -0.476. The lowest BCUT2D eigenvalue weighted by molar-refractivity contribution is 0.0916. The summed E-state index contributed by atoms with van der Waals surface area (Å²) in [5, 5.41) is 10.1. The number of nitrogens with zero attached hydrogens (tertiary/aromatic N) is 2. The fourth-order valence-corrected chi connectivity index (χ4v) is 3.21. The average Bonchev–Trinajstić information content (AvgIpc) is 2.70. The Morgan fingerprint density at radius 3 is 2.62 bits per heavy atom. The van der Waals surface area contributed by atoms with E-state index < -0.39 is 5.56 Å². The summed E-state index contributed by atoms with van der Waals surface area (Å²) in [6, 6.07) is 16.7. The molecule has 2 aromatic carbocycles. The molecule has 5 nitrogen and oxygen atoms in total. The fourth-order valence-electron chi connectivity index (χ4n) is 2.91. The highest BCUT2D eigenvalue weighted by molar-refractivity contribution is 6.42. The molecule has 1 N–H and O–H groups in total. The van der Waals surface area contributed by atoms with Gasteiger partial charge in [-0.05, 0) is 23.6 Å². The third-order valence-corrected chi connectivity index (χ3v) is 5.07. The second-order valence-electron chi connectivity index (χ2n) is 6.79. The predicted molar refractivity (Wildman–Crippen MR) is 114 cm³/mol. The van der Waals surface area contributed by atoms with Gasteiger partial charge in [0.25, 0.3) is 5.56 Å². The monoisotopic (exact) mass is 427 g/mol. The number of ether oxygens (including phenoxy) is 1. The number of aromatic amines is 1. The molecule has 0 unspecified atom stereocenters. The highest BCUT2D eigenvalue weighted by atomic mass is 35.5. The van der Waals surface area contributed by atoms with Gasteiger partial charge in [-0.3, -0.25) is 4.79 Å². The van der Waals surface area contributed by atoms with Crippen LogP contribution in [-0.4, -0.2) is 16.6 Å². The number of benzene rings is 2. The highest BCUT2D eigenvalue weighted by Gasteiger charge is 2.16. The molecule has 1 atom stereocenters. The van der Waals surface area contributed by atoms with Crippen molar-refractivity contribution in [3.05, 3.63) is 85.9 Å². The smallest absolute Gasteiger partial charge is 0.269 e. The molecule has 0 spiro atoms. The zero-order valence-electron chi connectivity index (χ0n) is 15.8. The second-order valence-corrected chi connectivity index (χ2v) is 7.60. The lowest BCUT2D eigenvalue weighted by Crippen LogP contribution is -2.19. The van der Waals surface area contributed by atoms with Gasteiger partial charge in [-0.15, -0.1) is 0 Å². The predicted octanol–water partition coefficient (Wildman–Crippen LogP) is 5.01. The van der Waals surface area contributed by atoms with Crippen LogP contribution < -0.4 is 5.56 Å². The number of aromatic nitrogens is 2. The summed E-state index contributed by atoms with van der Waals surface area (Å²) in [6.45, 7) is 3.06. The third-order valence-electron chi connectivity index (χ3n) is 4.33. The Hall–Kier alpha value is -2.65. The van der Waals surface area contributed by atoms with Gasteiger partial charge in [0.1, 0.15) is 17.5 Å². The van der Waals surface area contributed by atoms with Gasteiger partial charge in [-0.1, -0.05) is 66.5 Å². The fraction of sp³-hybridized carbons (Fsp3) is 0.227. The van der Waals surface area contributed by atoms with E-state index in [9.17, 15) is 10.1 Å². The van der Waals surface area contributed by atoms with Crippen LogP contribution in [0.25, 0.3) is 11.3 Å². The number of nitrogens with one attached hydrogen (secondary N) is 1. The van der Waals surface area contributed by atoms with Crippen LogP contribution >= 0.6 is 23.2 Å². The van der Waals surface area contributed by atoms with Crippen molar-refractivity contribution >= 4 is 23.2 Å². The third kappa shape index (κ3) is 5.45. The molecule has 7 heteroatoms. The average molecular weight is 428 g/mol. The van der Waals surface area contributed by atoms with Crippen molar-refractivity contribution in [1.82, 2.24) is 9.97 Å². The van der Waals surface area contributed by atoms with E-state index in [2.05, 4.69) is 9.97 Å². The van der Waals surface area contributed by atoms with E-state index in [0.717, 1.165) is 5.56 Å². The molecule has 0 bridgehead atoms. The molecule has 148 valence electrons. The summed E-state index contributed by atoms with van der Waals surface area (Å²) < 4.78 is 5.77. The molecule has 1 heterocycles. The molecule has 0 radical (unpaired) electrons. The van der Waals surface area contributed by atoms with Gasteiger partial charge in [0.2, 0.25) is 0 Å². The van der Waals surface area contributed by atoms with Gasteiger partial charge in [0.05, 0.1) is 29.0 Å². The SMILES string of the molecule is C[C@H](COCc1ccccc1)Cc1nc(-c2ccc(Cl)c(Cl)c2)c(C#N)c(=O)[nH]1. The first-order valence-corrected chi connectivity index (χ1v) is 9.84. The molecule has 0 aliphatic heterocycles. The van der Waals surface area contributed by atoms with Crippen LogP contribution in [0.1, 0.15) is 23.9 Å². The summed E-state index contributed by atoms with van der Waals surface area (Å²) in [7, 11) is 0. The van der Waals surface area contributed by atoms with Gasteiger partial charge in [0, 0.05) is 12.0 Å². The van der Waals surface area contributed by atoms with E-state index in [1.54, 1.807) is 18.2 Å². The number of nitriles is 1. The largest absolute Gasteiger partial charge is 0.376 e. The topological polar surface area (TPSA) is 78.8 Å². The molecule has 0 fully saturated rings. The van der Waals surface area contributed by atoms with E-state index in [1.807, 2.05) is 43.3 Å². The zero-order valence-corrected chi connectivity index (χ0v) is 17.3. The Bertz CT molecular complexity index is 1090. The maximum Gasteiger partial charge on any atom is 0.269 e. The Labute approximate surface area is 178 Å². The van der Waals surface area contributed by atoms with Crippen molar-refractivity contribution in [2.75, 3.05) is 6.61 Å². The minimum absolute atomic E-state index is 0.0554. The molecule has 3 aromatic rings. The first kappa shape index (κ1) is 21.1.